The summed E-state index contributed by atoms with van der Waals surface area (Å²) < 4.78 is 24.7. The molecule has 3 aliphatic rings. The monoisotopic (exact) mass is 660 g/mol. The molecule has 260 valence electrons. The summed E-state index contributed by atoms with van der Waals surface area (Å²) in [6.07, 6.45) is 17.4. The Kier molecular flexibility index (Phi) is 13.3. The van der Waals surface area contributed by atoms with Crippen molar-refractivity contribution in [1.82, 2.24) is 0 Å². The molecule has 0 unspecified atom stereocenters. The van der Waals surface area contributed by atoms with Crippen molar-refractivity contribution in [1.29, 1.82) is 0 Å². The first kappa shape index (κ1) is 38.9. The molecule has 0 N–H and O–H groups in total. The second-order valence-electron chi connectivity index (χ2n) is 18.2. The van der Waals surface area contributed by atoms with Crippen molar-refractivity contribution >= 4 is 16.6 Å². The third-order valence-corrected chi connectivity index (χ3v) is 21.8. The Morgan fingerprint density at radius 1 is 0.911 bits per heavy atom. The van der Waals surface area contributed by atoms with Gasteiger partial charge in [-0.3, -0.25) is 0 Å². The molecule has 3 fully saturated rings. The van der Waals surface area contributed by atoms with Crippen molar-refractivity contribution in [3.63, 3.8) is 0 Å². The van der Waals surface area contributed by atoms with Crippen LogP contribution in [-0.4, -0.2) is 49.4 Å². The van der Waals surface area contributed by atoms with E-state index in [2.05, 4.69) is 100 Å². The van der Waals surface area contributed by atoms with Crippen LogP contribution in [0.4, 0.5) is 0 Å². The van der Waals surface area contributed by atoms with E-state index in [-0.39, 0.29) is 22.3 Å². The van der Waals surface area contributed by atoms with Crippen LogP contribution in [0.15, 0.2) is 35.5 Å². The van der Waals surface area contributed by atoms with E-state index < -0.39 is 16.6 Å². The van der Waals surface area contributed by atoms with Gasteiger partial charge in [0.25, 0.3) is 0 Å². The van der Waals surface area contributed by atoms with Crippen LogP contribution in [0.3, 0.4) is 0 Å². The highest BCUT2D eigenvalue weighted by Crippen LogP contribution is 2.60. The SMILES string of the molecule is C=C1[C@H](O[Si](C)(C)C(C)(C)C)CC(=C/C=C2\CCC[C@]3(C)[C@@H]([C@H](C)CCCCOCOC)CC[C@@H]23)C[C@H]1O[Si](C)(C)C(C)(C)C. The lowest BCUT2D eigenvalue weighted by Crippen LogP contribution is -2.49. The predicted octanol–water partition coefficient (Wildman–Crippen LogP) is 11.6. The maximum absolute atomic E-state index is 7.09. The van der Waals surface area contributed by atoms with E-state index in [4.69, 9.17) is 18.3 Å². The number of allylic oxidation sites excluding steroid dienone is 3. The van der Waals surface area contributed by atoms with Crippen LogP contribution in [0.1, 0.15) is 120 Å². The number of rotatable bonds is 13. The van der Waals surface area contributed by atoms with Crippen LogP contribution >= 0.6 is 0 Å². The van der Waals surface area contributed by atoms with Crippen molar-refractivity contribution in [2.24, 2.45) is 23.2 Å². The summed E-state index contributed by atoms with van der Waals surface area (Å²) in [6, 6.07) is 0. The van der Waals surface area contributed by atoms with Gasteiger partial charge in [-0.05, 0) is 116 Å². The number of unbranched alkanes of at least 4 members (excludes halogenated alkanes) is 1. The predicted molar refractivity (Wildman–Crippen MR) is 198 cm³/mol. The van der Waals surface area contributed by atoms with Gasteiger partial charge >= 0.3 is 0 Å². The van der Waals surface area contributed by atoms with E-state index in [0.717, 1.165) is 49.2 Å². The van der Waals surface area contributed by atoms with E-state index >= 15 is 0 Å². The van der Waals surface area contributed by atoms with E-state index in [1.165, 1.54) is 50.5 Å². The van der Waals surface area contributed by atoms with Crippen LogP contribution in [0.5, 0.6) is 0 Å². The molecule has 4 nitrogen and oxygen atoms in total. The summed E-state index contributed by atoms with van der Waals surface area (Å²) in [5.74, 6) is 2.31. The van der Waals surface area contributed by atoms with Gasteiger partial charge in [-0.25, -0.2) is 0 Å². The van der Waals surface area contributed by atoms with E-state index in [1.807, 2.05) is 0 Å². The molecule has 0 saturated heterocycles. The van der Waals surface area contributed by atoms with Gasteiger partial charge in [0, 0.05) is 13.7 Å². The number of fused-ring (bicyclic) bond motifs is 1. The third-order valence-electron chi connectivity index (χ3n) is 12.9. The van der Waals surface area contributed by atoms with Gasteiger partial charge in [-0.1, -0.05) is 98.1 Å². The van der Waals surface area contributed by atoms with Crippen LogP contribution in [0.2, 0.25) is 36.3 Å². The van der Waals surface area contributed by atoms with Crippen LogP contribution in [0, 0.1) is 23.2 Å². The Hall–Kier alpha value is -0.506. The van der Waals surface area contributed by atoms with Crippen LogP contribution < -0.4 is 0 Å². The van der Waals surface area contributed by atoms with Crippen molar-refractivity contribution in [3.05, 3.63) is 35.5 Å². The minimum atomic E-state index is -1.97. The number of ether oxygens (including phenoxy) is 2. The standard InChI is InChI=1S/C39H72O4Si2/c1-29(18-15-16-25-41-28-40-10)33-22-23-34-32(19-17-24-39(33,34)9)21-20-31-26-35(42-44(11,12)37(3,4)5)30(2)36(27-31)43-45(13,14)38(6,7)8/h20-21,29,33-36H,2,15-19,22-28H2,1,3-14H3/b32-21+/t29-,33-,34+,35-,36-,39-/m1/s1. The minimum Gasteiger partial charge on any atom is -0.410 e. The molecule has 3 saturated carbocycles. The maximum atomic E-state index is 7.09. The molecule has 0 aromatic rings. The number of hydrogen-bond donors (Lipinski definition) is 0. The fraction of sp³-hybridized carbons (Fsp3) is 0.846. The summed E-state index contributed by atoms with van der Waals surface area (Å²) >= 11 is 0. The third kappa shape index (κ3) is 9.56. The van der Waals surface area contributed by atoms with Gasteiger partial charge in [0.05, 0.1) is 12.2 Å². The zero-order valence-electron chi connectivity index (χ0n) is 31.9. The first-order valence-electron chi connectivity index (χ1n) is 18.2. The van der Waals surface area contributed by atoms with Crippen LogP contribution in [0.25, 0.3) is 0 Å². The molecule has 6 atom stereocenters. The first-order valence-corrected chi connectivity index (χ1v) is 24.0. The molecular weight excluding hydrogens is 589 g/mol. The highest BCUT2D eigenvalue weighted by atomic mass is 28.4. The summed E-state index contributed by atoms with van der Waals surface area (Å²) in [5.41, 5.74) is 4.77. The van der Waals surface area contributed by atoms with Gasteiger partial charge in [0.15, 0.2) is 16.6 Å². The highest BCUT2D eigenvalue weighted by Gasteiger charge is 2.50. The molecule has 6 heteroatoms. The lowest BCUT2D eigenvalue weighted by atomic mass is 9.60. The Labute approximate surface area is 281 Å². The zero-order valence-corrected chi connectivity index (χ0v) is 33.9. The minimum absolute atomic E-state index is 0.0345. The average molecular weight is 661 g/mol. The number of hydrogen-bond acceptors (Lipinski definition) is 4. The largest absolute Gasteiger partial charge is 0.410 e. The molecule has 0 aliphatic heterocycles. The van der Waals surface area contributed by atoms with Crippen molar-refractivity contribution in [3.8, 4) is 0 Å². The Morgan fingerprint density at radius 3 is 2.02 bits per heavy atom. The van der Waals surface area contributed by atoms with Gasteiger partial charge in [0.2, 0.25) is 0 Å². The topological polar surface area (TPSA) is 36.9 Å². The summed E-state index contributed by atoms with van der Waals surface area (Å²) in [7, 11) is -2.25. The molecule has 45 heavy (non-hydrogen) atoms. The normalized spacial score (nSPS) is 30.1. The Bertz CT molecular complexity index is 1000. The summed E-state index contributed by atoms with van der Waals surface area (Å²) in [5, 5.41) is 0.319. The molecule has 3 aliphatic carbocycles. The second kappa shape index (κ2) is 15.4. The Morgan fingerprint density at radius 2 is 1.49 bits per heavy atom. The summed E-state index contributed by atoms with van der Waals surface area (Å²) in [4.78, 5) is 0. The highest BCUT2D eigenvalue weighted by molar-refractivity contribution is 6.74. The fourth-order valence-corrected chi connectivity index (χ4v) is 10.5. The molecule has 0 aromatic carbocycles. The number of methoxy groups -OCH3 is 1. The van der Waals surface area contributed by atoms with Crippen molar-refractivity contribution in [2.45, 2.75) is 168 Å². The van der Waals surface area contributed by atoms with Crippen molar-refractivity contribution in [2.75, 3.05) is 20.5 Å². The lowest BCUT2D eigenvalue weighted by molar-refractivity contribution is -0.0319. The van der Waals surface area contributed by atoms with E-state index in [1.54, 1.807) is 12.7 Å². The van der Waals surface area contributed by atoms with E-state index in [9.17, 15) is 0 Å². The average Bonchev–Trinajstić information content (AvgIpc) is 3.27. The maximum Gasteiger partial charge on any atom is 0.192 e. The molecule has 0 amide bonds. The fourth-order valence-electron chi connectivity index (χ4n) is 7.92. The van der Waals surface area contributed by atoms with E-state index in [0.29, 0.717) is 12.2 Å². The lowest BCUT2D eigenvalue weighted by Gasteiger charge is -2.46. The molecule has 0 heterocycles. The first-order chi connectivity index (χ1) is 20.7. The molecule has 0 spiro atoms. The molecule has 3 rings (SSSR count). The van der Waals surface area contributed by atoms with Crippen LogP contribution in [-0.2, 0) is 18.3 Å². The second-order valence-corrected chi connectivity index (χ2v) is 27.7. The molecule has 0 aromatic heterocycles. The smallest absolute Gasteiger partial charge is 0.192 e. The molecule has 0 bridgehead atoms. The van der Waals surface area contributed by atoms with Gasteiger partial charge in [0.1, 0.15) is 6.79 Å². The quantitative estimate of drug-likeness (QED) is 0.0852. The van der Waals surface area contributed by atoms with Crippen molar-refractivity contribution < 1.29 is 18.3 Å². The Balaban J connectivity index is 1.80. The zero-order chi connectivity index (χ0) is 33.8. The van der Waals surface area contributed by atoms with Gasteiger partial charge < -0.3 is 18.3 Å². The van der Waals surface area contributed by atoms with Gasteiger partial charge in [-0.15, -0.1) is 0 Å². The summed E-state index contributed by atoms with van der Waals surface area (Å²) in [6.45, 7) is 34.5. The molecule has 0 radical (unpaired) electrons. The molecular formula is C39H72O4Si2. The van der Waals surface area contributed by atoms with Gasteiger partial charge in [-0.2, -0.15) is 0 Å².